The van der Waals surface area contributed by atoms with E-state index in [-0.39, 0.29) is 17.9 Å². The maximum Gasteiger partial charge on any atom is 0.299 e. The lowest BCUT2D eigenvalue weighted by Crippen LogP contribution is -2.42. The van der Waals surface area contributed by atoms with Gasteiger partial charge in [0.25, 0.3) is 12.3 Å². The van der Waals surface area contributed by atoms with Gasteiger partial charge in [0.15, 0.2) is 0 Å². The normalized spacial score (nSPS) is 16.4. The van der Waals surface area contributed by atoms with Gasteiger partial charge in [-0.25, -0.2) is 32.3 Å². The van der Waals surface area contributed by atoms with Crippen molar-refractivity contribution in [3.8, 4) is 0 Å². The maximum absolute atomic E-state index is 14.2. The summed E-state index contributed by atoms with van der Waals surface area (Å²) in [6.45, 7) is 0.270. The van der Waals surface area contributed by atoms with E-state index in [1.807, 2.05) is 0 Å². The van der Waals surface area contributed by atoms with Gasteiger partial charge < -0.3 is 9.88 Å². The van der Waals surface area contributed by atoms with E-state index in [0.717, 1.165) is 10.4 Å². The van der Waals surface area contributed by atoms with E-state index in [1.54, 1.807) is 12.3 Å². The number of H-pyrrole nitrogens is 1. The van der Waals surface area contributed by atoms with E-state index in [9.17, 15) is 18.0 Å². The fraction of sp³-hybridized carbons (Fsp3) is 0.278. The van der Waals surface area contributed by atoms with Crippen molar-refractivity contribution in [2.75, 3.05) is 6.54 Å². The molecule has 0 saturated carbocycles. The van der Waals surface area contributed by atoms with Crippen molar-refractivity contribution in [1.82, 2.24) is 39.2 Å². The third-order valence-electron chi connectivity index (χ3n) is 5.10. The summed E-state index contributed by atoms with van der Waals surface area (Å²) < 4.78 is 42.6. The predicted octanol–water partition coefficient (Wildman–Crippen LogP) is 2.05. The second-order valence-electron chi connectivity index (χ2n) is 6.89. The number of carbonyl (C=O) groups is 1. The Bertz CT molecular complexity index is 1260. The van der Waals surface area contributed by atoms with Gasteiger partial charge in [-0.15, -0.1) is 5.10 Å². The zero-order valence-corrected chi connectivity index (χ0v) is 15.6. The number of hydrogen-bond donors (Lipinski definition) is 1. The van der Waals surface area contributed by atoms with Gasteiger partial charge >= 0.3 is 0 Å². The molecule has 9 nitrogen and oxygen atoms in total. The quantitative estimate of drug-likeness (QED) is 0.551. The van der Waals surface area contributed by atoms with Gasteiger partial charge in [-0.2, -0.15) is 5.10 Å². The highest BCUT2D eigenvalue weighted by Gasteiger charge is 2.38. The van der Waals surface area contributed by atoms with E-state index in [1.165, 1.54) is 34.9 Å². The molecule has 30 heavy (non-hydrogen) atoms. The number of imidazole rings is 1. The van der Waals surface area contributed by atoms with Crippen LogP contribution in [0.4, 0.5) is 13.2 Å². The van der Waals surface area contributed by atoms with Crippen molar-refractivity contribution in [1.29, 1.82) is 0 Å². The molecule has 5 rings (SSSR count). The van der Waals surface area contributed by atoms with E-state index in [4.69, 9.17) is 0 Å². The lowest BCUT2D eigenvalue weighted by Gasteiger charge is -2.33. The Morgan fingerprint density at radius 1 is 1.33 bits per heavy atom. The van der Waals surface area contributed by atoms with Crippen LogP contribution in [-0.4, -0.2) is 51.7 Å². The summed E-state index contributed by atoms with van der Waals surface area (Å²) in [4.78, 5) is 25.8. The zero-order chi connectivity index (χ0) is 21.0. The van der Waals surface area contributed by atoms with Crippen molar-refractivity contribution in [3.05, 3.63) is 65.3 Å². The van der Waals surface area contributed by atoms with Gasteiger partial charge in [0.05, 0.1) is 17.7 Å². The average molecular weight is 416 g/mol. The van der Waals surface area contributed by atoms with E-state index in [2.05, 4.69) is 25.1 Å². The molecule has 154 valence electrons. The number of pyridine rings is 1. The van der Waals surface area contributed by atoms with Crippen LogP contribution in [0.15, 0.2) is 30.7 Å². The summed E-state index contributed by atoms with van der Waals surface area (Å²) in [5, 5.41) is 8.05. The average Bonchev–Trinajstić information content (AvgIpc) is 3.44. The first-order valence-electron chi connectivity index (χ1n) is 9.10. The third kappa shape index (κ3) is 2.75. The van der Waals surface area contributed by atoms with Gasteiger partial charge in [0.1, 0.15) is 17.4 Å². The minimum Gasteiger partial charge on any atom is -0.348 e. The second kappa shape index (κ2) is 6.68. The highest BCUT2D eigenvalue weighted by Crippen LogP contribution is 2.34. The number of nitrogens with one attached hydrogen (secondary N) is 1. The van der Waals surface area contributed by atoms with E-state index >= 15 is 0 Å². The fourth-order valence-corrected chi connectivity index (χ4v) is 3.74. The molecule has 1 aliphatic rings. The molecule has 5 heterocycles. The molecule has 1 unspecified atom stereocenters. The Morgan fingerprint density at radius 3 is 2.90 bits per heavy atom. The lowest BCUT2D eigenvalue weighted by atomic mass is 9.99. The molecule has 1 aliphatic heterocycles. The van der Waals surface area contributed by atoms with Crippen molar-refractivity contribution in [3.63, 3.8) is 0 Å². The topological polar surface area (TPSA) is 97.0 Å². The molecule has 1 amide bonds. The minimum atomic E-state index is -2.89. The van der Waals surface area contributed by atoms with Gasteiger partial charge in [0.2, 0.25) is 11.6 Å². The summed E-state index contributed by atoms with van der Waals surface area (Å²) in [6, 6.07) is 3.65. The molecular formula is C18H15F3N8O. The number of nitrogens with zero attached hydrogens (tertiary/aromatic N) is 7. The molecule has 4 aromatic heterocycles. The van der Waals surface area contributed by atoms with Crippen LogP contribution in [0.5, 0.6) is 0 Å². The highest BCUT2D eigenvalue weighted by molar-refractivity contribution is 5.91. The van der Waals surface area contributed by atoms with Crippen molar-refractivity contribution >= 4 is 11.4 Å². The molecule has 1 N–H and O–H groups in total. The highest BCUT2D eigenvalue weighted by atomic mass is 19.3. The molecule has 0 aromatic carbocycles. The lowest BCUT2D eigenvalue weighted by molar-refractivity contribution is 0.0669. The standard InChI is InChI=1S/C18H15F3N8O/c1-27-17(24-16(26-27)15(20)21)18(30)28-6-4-10-13(23-8-22-10)14(28)11-7-12-9(19)3-2-5-29(12)25-11/h2-3,5,7-8,14-15H,4,6H2,1H3,(H,22,23). The number of aromatic nitrogens is 7. The van der Waals surface area contributed by atoms with E-state index in [0.29, 0.717) is 17.8 Å². The minimum absolute atomic E-state index is 0.218. The Hall–Kier alpha value is -3.70. The monoisotopic (exact) mass is 416 g/mol. The first kappa shape index (κ1) is 18.3. The molecule has 0 saturated heterocycles. The molecule has 4 aromatic rings. The molecule has 0 fully saturated rings. The van der Waals surface area contributed by atoms with Crippen LogP contribution in [0, 0.1) is 5.82 Å². The smallest absolute Gasteiger partial charge is 0.299 e. The molecule has 0 radical (unpaired) electrons. The summed E-state index contributed by atoms with van der Waals surface area (Å²) in [6.07, 6.45) is 0.701. The number of amides is 1. The number of fused-ring (bicyclic) bond motifs is 2. The summed E-state index contributed by atoms with van der Waals surface area (Å²) >= 11 is 0. The Morgan fingerprint density at radius 2 is 2.17 bits per heavy atom. The molecule has 0 bridgehead atoms. The van der Waals surface area contributed by atoms with Crippen molar-refractivity contribution in [2.45, 2.75) is 18.9 Å². The SMILES string of the molecule is Cn1nc(C(F)F)nc1C(=O)N1CCc2[nH]cnc2C1c1cc2c(F)cccn2n1. The molecule has 0 aliphatic carbocycles. The number of rotatable bonds is 3. The largest absolute Gasteiger partial charge is 0.348 e. The van der Waals surface area contributed by atoms with Crippen LogP contribution in [0.3, 0.4) is 0 Å². The molecule has 12 heteroatoms. The third-order valence-corrected chi connectivity index (χ3v) is 5.10. The second-order valence-corrected chi connectivity index (χ2v) is 6.89. The number of alkyl halides is 2. The molecule has 1 atom stereocenters. The van der Waals surface area contributed by atoms with Crippen LogP contribution >= 0.6 is 0 Å². The number of hydrogen-bond acceptors (Lipinski definition) is 5. The Kier molecular flexibility index (Phi) is 4.08. The Balaban J connectivity index is 1.62. The van der Waals surface area contributed by atoms with Crippen molar-refractivity contribution < 1.29 is 18.0 Å². The molecule has 0 spiro atoms. The summed E-state index contributed by atoms with van der Waals surface area (Å²) in [5.74, 6) is -1.98. The van der Waals surface area contributed by atoms with Crippen LogP contribution in [0.2, 0.25) is 0 Å². The van der Waals surface area contributed by atoms with Gasteiger partial charge in [-0.1, -0.05) is 0 Å². The van der Waals surface area contributed by atoms with Gasteiger partial charge in [-0.05, 0) is 18.2 Å². The van der Waals surface area contributed by atoms with Crippen LogP contribution in [0.25, 0.3) is 5.52 Å². The number of aryl methyl sites for hydroxylation is 1. The number of halogens is 3. The first-order chi connectivity index (χ1) is 14.4. The van der Waals surface area contributed by atoms with E-state index < -0.39 is 30.0 Å². The van der Waals surface area contributed by atoms with Gasteiger partial charge in [-0.3, -0.25) is 4.79 Å². The summed E-state index contributed by atoms with van der Waals surface area (Å²) in [7, 11) is 1.38. The summed E-state index contributed by atoms with van der Waals surface area (Å²) in [5.41, 5.74) is 2.04. The van der Waals surface area contributed by atoms with Crippen LogP contribution < -0.4 is 0 Å². The number of carbonyl (C=O) groups excluding carboxylic acids is 1. The van der Waals surface area contributed by atoms with Crippen molar-refractivity contribution in [2.24, 2.45) is 7.05 Å². The maximum atomic E-state index is 14.2. The van der Waals surface area contributed by atoms with Crippen LogP contribution in [0.1, 0.15) is 46.0 Å². The first-order valence-corrected chi connectivity index (χ1v) is 9.10. The zero-order valence-electron chi connectivity index (χ0n) is 15.6. The Labute approximate surface area is 167 Å². The van der Waals surface area contributed by atoms with Crippen LogP contribution in [-0.2, 0) is 13.5 Å². The molecular weight excluding hydrogens is 401 g/mol. The predicted molar refractivity (Wildman–Crippen MR) is 96.3 cm³/mol. The fourth-order valence-electron chi connectivity index (χ4n) is 3.74. The van der Waals surface area contributed by atoms with Gasteiger partial charge in [0, 0.05) is 31.9 Å². The number of aromatic amines is 1.